The van der Waals surface area contributed by atoms with E-state index in [2.05, 4.69) is 31.4 Å². The number of benzene rings is 1. The molecule has 2 aromatic heterocycles. The number of carbonyl (C=O) groups is 1. The Morgan fingerprint density at radius 2 is 2.14 bits per heavy atom. The molecular weight excluding hydrogens is 338 g/mol. The fraction of sp³-hybridized carbons (Fsp3) is 0.0714. The Bertz CT molecular complexity index is 781. The second kappa shape index (κ2) is 5.53. The molecule has 1 N–H and O–H groups in total. The summed E-state index contributed by atoms with van der Waals surface area (Å²) < 4.78 is 10.9. The van der Waals surface area contributed by atoms with Gasteiger partial charge in [0.2, 0.25) is 12.3 Å². The summed E-state index contributed by atoms with van der Waals surface area (Å²) in [7, 11) is 0. The molecule has 6 nitrogen and oxygen atoms in total. The number of nitrogens with one attached hydrogen (secondary N) is 1. The number of amides is 1. The van der Waals surface area contributed by atoms with Crippen LogP contribution in [0.4, 0.5) is 5.69 Å². The minimum atomic E-state index is -0.311. The molecule has 0 aliphatic heterocycles. The van der Waals surface area contributed by atoms with E-state index in [-0.39, 0.29) is 11.7 Å². The normalized spacial score (nSPS) is 10.6. The number of nitrogens with zero attached hydrogens (tertiary/aromatic N) is 2. The summed E-state index contributed by atoms with van der Waals surface area (Å²) in [5, 5.41) is 10.3. The van der Waals surface area contributed by atoms with E-state index in [4.69, 9.17) is 8.83 Å². The zero-order valence-corrected chi connectivity index (χ0v) is 12.5. The summed E-state index contributed by atoms with van der Waals surface area (Å²) in [5.41, 5.74) is 2.37. The summed E-state index contributed by atoms with van der Waals surface area (Å²) in [6.45, 7) is 1.88. The molecular formula is C14H10BrN3O3. The number of hydrogen-bond donors (Lipinski definition) is 1. The van der Waals surface area contributed by atoms with Crippen LogP contribution in [0.25, 0.3) is 11.5 Å². The van der Waals surface area contributed by atoms with Gasteiger partial charge in [-0.3, -0.25) is 4.79 Å². The molecule has 1 aromatic carbocycles. The Kier molecular flexibility index (Phi) is 3.57. The Morgan fingerprint density at radius 3 is 2.76 bits per heavy atom. The maximum absolute atomic E-state index is 12.0. The summed E-state index contributed by atoms with van der Waals surface area (Å²) in [6.07, 6.45) is 1.27. The number of anilines is 1. The predicted molar refractivity (Wildman–Crippen MR) is 78.8 cm³/mol. The fourth-order valence-electron chi connectivity index (χ4n) is 1.86. The van der Waals surface area contributed by atoms with E-state index < -0.39 is 0 Å². The number of aryl methyl sites for hydroxylation is 1. The molecule has 0 unspecified atom stereocenters. The minimum absolute atomic E-state index is 0.238. The van der Waals surface area contributed by atoms with Crippen LogP contribution in [-0.4, -0.2) is 16.1 Å². The first kappa shape index (κ1) is 13.6. The largest absolute Gasteiger partial charge is 0.444 e. The highest BCUT2D eigenvalue weighted by Crippen LogP contribution is 2.24. The van der Waals surface area contributed by atoms with Crippen molar-refractivity contribution in [3.05, 3.63) is 52.7 Å². The van der Waals surface area contributed by atoms with Gasteiger partial charge in [-0.15, -0.1) is 10.2 Å². The Morgan fingerprint density at radius 1 is 1.29 bits per heavy atom. The van der Waals surface area contributed by atoms with E-state index in [1.807, 2.05) is 13.0 Å². The number of rotatable bonds is 3. The smallest absolute Gasteiger partial charge is 0.291 e. The standard InChI is InChI=1S/C14H10BrN3O3/c1-8-6-9(14-18-16-7-20-14)2-3-10(8)17-13(19)11-4-5-12(15)21-11/h2-7H,1H3,(H,17,19). The Labute approximate surface area is 128 Å². The zero-order chi connectivity index (χ0) is 14.8. The van der Waals surface area contributed by atoms with E-state index in [0.717, 1.165) is 11.1 Å². The predicted octanol–water partition coefficient (Wildman–Crippen LogP) is 3.65. The third-order valence-corrected chi connectivity index (χ3v) is 3.30. The molecule has 3 aromatic rings. The van der Waals surface area contributed by atoms with Crippen LogP contribution in [-0.2, 0) is 0 Å². The van der Waals surface area contributed by atoms with Gasteiger partial charge in [-0.2, -0.15) is 0 Å². The molecule has 0 saturated carbocycles. The van der Waals surface area contributed by atoms with Crippen molar-refractivity contribution in [3.63, 3.8) is 0 Å². The van der Waals surface area contributed by atoms with Crippen molar-refractivity contribution in [2.75, 3.05) is 5.32 Å². The maximum Gasteiger partial charge on any atom is 0.291 e. The van der Waals surface area contributed by atoms with Gasteiger partial charge in [0.05, 0.1) is 0 Å². The Balaban J connectivity index is 1.82. The van der Waals surface area contributed by atoms with Gasteiger partial charge in [0.1, 0.15) is 0 Å². The second-order valence-corrected chi connectivity index (χ2v) is 5.11. The number of furan rings is 1. The molecule has 0 saturated heterocycles. The van der Waals surface area contributed by atoms with E-state index in [1.54, 1.807) is 24.3 Å². The summed E-state index contributed by atoms with van der Waals surface area (Å²) >= 11 is 3.16. The minimum Gasteiger partial charge on any atom is -0.444 e. The topological polar surface area (TPSA) is 81.2 Å². The maximum atomic E-state index is 12.0. The number of hydrogen-bond acceptors (Lipinski definition) is 5. The lowest BCUT2D eigenvalue weighted by atomic mass is 10.1. The van der Waals surface area contributed by atoms with Crippen LogP contribution < -0.4 is 5.32 Å². The van der Waals surface area contributed by atoms with Crippen molar-refractivity contribution in [1.29, 1.82) is 0 Å². The lowest BCUT2D eigenvalue weighted by Crippen LogP contribution is -2.11. The highest BCUT2D eigenvalue weighted by Gasteiger charge is 2.13. The van der Waals surface area contributed by atoms with Gasteiger partial charge in [-0.05, 0) is 58.7 Å². The van der Waals surface area contributed by atoms with Gasteiger partial charge in [-0.1, -0.05) is 0 Å². The molecule has 1 amide bonds. The van der Waals surface area contributed by atoms with Crippen LogP contribution in [0, 0.1) is 6.92 Å². The van der Waals surface area contributed by atoms with Crippen LogP contribution in [0.2, 0.25) is 0 Å². The molecule has 0 bridgehead atoms. The SMILES string of the molecule is Cc1cc(-c2nnco2)ccc1NC(=O)c1ccc(Br)o1. The number of carbonyl (C=O) groups excluding carboxylic acids is 1. The third kappa shape index (κ3) is 2.87. The van der Waals surface area contributed by atoms with Gasteiger partial charge in [0, 0.05) is 11.3 Å². The average molecular weight is 348 g/mol. The zero-order valence-electron chi connectivity index (χ0n) is 11.0. The first-order valence-electron chi connectivity index (χ1n) is 6.07. The van der Waals surface area contributed by atoms with Gasteiger partial charge in [-0.25, -0.2) is 0 Å². The number of halogens is 1. The van der Waals surface area contributed by atoms with Crippen LogP contribution in [0.15, 0.2) is 50.2 Å². The van der Waals surface area contributed by atoms with Crippen molar-refractivity contribution in [2.45, 2.75) is 6.92 Å². The van der Waals surface area contributed by atoms with Crippen molar-refractivity contribution in [1.82, 2.24) is 10.2 Å². The van der Waals surface area contributed by atoms with Crippen molar-refractivity contribution < 1.29 is 13.6 Å². The monoisotopic (exact) mass is 347 g/mol. The van der Waals surface area contributed by atoms with Gasteiger partial charge in [0.15, 0.2) is 10.4 Å². The molecule has 7 heteroatoms. The third-order valence-electron chi connectivity index (χ3n) is 2.88. The first-order valence-corrected chi connectivity index (χ1v) is 6.86. The van der Waals surface area contributed by atoms with E-state index in [9.17, 15) is 4.79 Å². The van der Waals surface area contributed by atoms with Crippen molar-refractivity contribution >= 4 is 27.5 Å². The molecule has 2 heterocycles. The molecule has 0 spiro atoms. The molecule has 0 atom stereocenters. The van der Waals surface area contributed by atoms with Gasteiger partial charge >= 0.3 is 0 Å². The van der Waals surface area contributed by atoms with Gasteiger partial charge in [0.25, 0.3) is 5.91 Å². The molecule has 0 fully saturated rings. The van der Waals surface area contributed by atoms with Gasteiger partial charge < -0.3 is 14.2 Å². The molecule has 0 radical (unpaired) electrons. The summed E-state index contributed by atoms with van der Waals surface area (Å²) in [5.74, 6) is 0.363. The molecule has 106 valence electrons. The second-order valence-electron chi connectivity index (χ2n) is 4.33. The van der Waals surface area contributed by atoms with Crippen LogP contribution in [0.5, 0.6) is 0 Å². The molecule has 3 rings (SSSR count). The van der Waals surface area contributed by atoms with E-state index in [0.29, 0.717) is 16.2 Å². The molecule has 21 heavy (non-hydrogen) atoms. The summed E-state index contributed by atoms with van der Waals surface area (Å²) in [4.78, 5) is 12.0. The van der Waals surface area contributed by atoms with Crippen LogP contribution >= 0.6 is 15.9 Å². The molecule has 0 aliphatic carbocycles. The quantitative estimate of drug-likeness (QED) is 0.781. The number of aromatic nitrogens is 2. The van der Waals surface area contributed by atoms with Crippen LogP contribution in [0.3, 0.4) is 0 Å². The average Bonchev–Trinajstić information content (AvgIpc) is 3.12. The van der Waals surface area contributed by atoms with Crippen molar-refractivity contribution in [2.24, 2.45) is 0 Å². The highest BCUT2D eigenvalue weighted by molar-refractivity contribution is 9.10. The lowest BCUT2D eigenvalue weighted by molar-refractivity contribution is 0.0995. The van der Waals surface area contributed by atoms with E-state index in [1.165, 1.54) is 6.39 Å². The molecule has 0 aliphatic rings. The first-order chi connectivity index (χ1) is 10.1. The van der Waals surface area contributed by atoms with E-state index >= 15 is 0 Å². The van der Waals surface area contributed by atoms with Crippen molar-refractivity contribution in [3.8, 4) is 11.5 Å². The lowest BCUT2D eigenvalue weighted by Gasteiger charge is -2.08. The highest BCUT2D eigenvalue weighted by atomic mass is 79.9. The Hall–Kier alpha value is -2.41. The summed E-state index contributed by atoms with van der Waals surface area (Å²) in [6, 6.07) is 8.71. The van der Waals surface area contributed by atoms with Crippen LogP contribution in [0.1, 0.15) is 16.1 Å². The fourth-order valence-corrected chi connectivity index (χ4v) is 2.16.